The summed E-state index contributed by atoms with van der Waals surface area (Å²) in [6.45, 7) is 3.46. The van der Waals surface area contributed by atoms with Crippen LogP contribution in [0.3, 0.4) is 0 Å². The van der Waals surface area contributed by atoms with Gasteiger partial charge in [-0.15, -0.1) is 0 Å². The van der Waals surface area contributed by atoms with Crippen LogP contribution in [0.2, 0.25) is 0 Å². The molecule has 0 N–H and O–H groups in total. The number of amides is 1. The highest BCUT2D eigenvalue weighted by molar-refractivity contribution is 5.98. The van der Waals surface area contributed by atoms with Crippen LogP contribution in [0.25, 0.3) is 10.9 Å². The van der Waals surface area contributed by atoms with E-state index >= 15 is 0 Å². The summed E-state index contributed by atoms with van der Waals surface area (Å²) in [5.74, 6) is 0.524. The lowest BCUT2D eigenvalue weighted by molar-refractivity contribution is -0.127. The molecular weight excluding hydrogens is 524 g/mol. The number of hydrogen-bond donors (Lipinski definition) is 0. The molecule has 1 aromatic carbocycles. The number of allylic oxidation sites excluding steroid dienone is 5. The molecule has 4 heterocycles. The number of nitrogens with zero attached hydrogens (tertiary/aromatic N) is 4. The average Bonchev–Trinajstić information content (AvgIpc) is 3.27. The van der Waals surface area contributed by atoms with Gasteiger partial charge in [0.2, 0.25) is 0 Å². The summed E-state index contributed by atoms with van der Waals surface area (Å²) in [7, 11) is 1.43. The fourth-order valence-electron chi connectivity index (χ4n) is 7.57. The molecule has 7 nitrogen and oxygen atoms in total. The molecule has 2 aliphatic carbocycles. The first-order chi connectivity index (χ1) is 20.6. The first-order valence-corrected chi connectivity index (χ1v) is 15.4. The predicted octanol–water partition coefficient (Wildman–Crippen LogP) is 5.99. The number of fused-ring (bicyclic) bond motifs is 5. The highest BCUT2D eigenvalue weighted by Crippen LogP contribution is 2.47. The van der Waals surface area contributed by atoms with Gasteiger partial charge >= 0.3 is 5.97 Å². The minimum atomic E-state index is -0.336. The van der Waals surface area contributed by atoms with E-state index in [1.807, 2.05) is 41.6 Å². The largest absolute Gasteiger partial charge is 0.465 e. The number of piperazine rings is 1. The van der Waals surface area contributed by atoms with Crippen molar-refractivity contribution in [2.24, 2.45) is 5.92 Å². The van der Waals surface area contributed by atoms with Gasteiger partial charge in [-0.1, -0.05) is 55.7 Å². The van der Waals surface area contributed by atoms with E-state index in [9.17, 15) is 9.59 Å². The molecule has 2 fully saturated rings. The van der Waals surface area contributed by atoms with Gasteiger partial charge in [0.05, 0.1) is 19.2 Å². The Morgan fingerprint density at radius 1 is 0.929 bits per heavy atom. The smallest absolute Gasteiger partial charge is 0.337 e. The number of aromatic nitrogens is 2. The Morgan fingerprint density at radius 2 is 1.69 bits per heavy atom. The Balaban J connectivity index is 1.28. The zero-order valence-electron chi connectivity index (χ0n) is 24.2. The minimum absolute atomic E-state index is 0.111. The first kappa shape index (κ1) is 26.7. The van der Waals surface area contributed by atoms with E-state index in [1.165, 1.54) is 55.9 Å². The number of benzene rings is 1. The van der Waals surface area contributed by atoms with Crippen LogP contribution in [0.15, 0.2) is 78.7 Å². The fraction of sp³-hybridized carbons (Fsp3) is 0.400. The molecule has 0 bridgehead atoms. The molecule has 42 heavy (non-hydrogen) atoms. The summed E-state index contributed by atoms with van der Waals surface area (Å²) >= 11 is 0. The van der Waals surface area contributed by atoms with Crippen molar-refractivity contribution in [1.82, 2.24) is 14.5 Å². The van der Waals surface area contributed by atoms with Gasteiger partial charge < -0.3 is 19.1 Å². The molecule has 2 aliphatic heterocycles. The van der Waals surface area contributed by atoms with E-state index in [1.54, 1.807) is 0 Å². The van der Waals surface area contributed by atoms with Gasteiger partial charge in [-0.3, -0.25) is 9.78 Å². The van der Waals surface area contributed by atoms with E-state index in [-0.39, 0.29) is 23.7 Å². The lowest BCUT2D eigenvalue weighted by atomic mass is 9.77. The van der Waals surface area contributed by atoms with Gasteiger partial charge in [0.15, 0.2) is 0 Å². The molecular formula is C35H38N4O3. The topological polar surface area (TPSA) is 67.7 Å². The summed E-state index contributed by atoms with van der Waals surface area (Å²) in [5, 5.41) is 1.21. The molecule has 216 valence electrons. The minimum Gasteiger partial charge on any atom is -0.465 e. The molecule has 2 atom stereocenters. The van der Waals surface area contributed by atoms with E-state index in [2.05, 4.69) is 50.9 Å². The van der Waals surface area contributed by atoms with Crippen molar-refractivity contribution in [2.45, 2.75) is 50.5 Å². The van der Waals surface area contributed by atoms with E-state index in [0.29, 0.717) is 31.1 Å². The molecule has 2 aromatic heterocycles. The van der Waals surface area contributed by atoms with Crippen molar-refractivity contribution in [2.75, 3.05) is 38.2 Å². The lowest BCUT2D eigenvalue weighted by Gasteiger charge is -2.36. The Morgan fingerprint density at radius 3 is 2.45 bits per heavy atom. The first-order valence-electron chi connectivity index (χ1n) is 15.4. The van der Waals surface area contributed by atoms with E-state index in [4.69, 9.17) is 4.74 Å². The number of pyridine rings is 1. The molecule has 1 amide bonds. The molecule has 1 saturated heterocycles. The second kappa shape index (κ2) is 11.3. The SMILES string of the molecule is COC(=O)c1ccc2c(C3CCCCC3)c3n(c2c1)CC(C(=O)N1CCN(c2ccncc2)CC1)=CC1C=CC=CC31. The van der Waals surface area contributed by atoms with Gasteiger partial charge in [0.1, 0.15) is 0 Å². The van der Waals surface area contributed by atoms with Crippen LogP contribution >= 0.6 is 0 Å². The maximum atomic E-state index is 14.2. The van der Waals surface area contributed by atoms with Crippen molar-refractivity contribution in [1.29, 1.82) is 0 Å². The standard InChI is InChI=1S/C35H38N4O3/c1-42-35(41)26-11-12-30-31(22-26)39-23-27(34(40)38-19-17-37(18-20-38)28-13-15-36-16-14-28)21-25-9-5-6-10-29(25)33(39)32(30)24-7-3-2-4-8-24/h5-6,9-16,21-22,24-25,29H,2-4,7-8,17-20,23H2,1H3. The maximum Gasteiger partial charge on any atom is 0.337 e. The van der Waals surface area contributed by atoms with Gasteiger partial charge in [0.25, 0.3) is 5.91 Å². The summed E-state index contributed by atoms with van der Waals surface area (Å²) in [5.41, 5.74) is 6.28. The number of methoxy groups -OCH3 is 1. The van der Waals surface area contributed by atoms with Gasteiger partial charge in [0, 0.05) is 78.3 Å². The second-order valence-electron chi connectivity index (χ2n) is 12.0. The van der Waals surface area contributed by atoms with Crippen LogP contribution in [0.1, 0.15) is 65.6 Å². The van der Waals surface area contributed by atoms with E-state index < -0.39 is 0 Å². The van der Waals surface area contributed by atoms with Crippen LogP contribution in [0, 0.1) is 5.92 Å². The van der Waals surface area contributed by atoms with Gasteiger partial charge in [-0.2, -0.15) is 0 Å². The second-order valence-corrected chi connectivity index (χ2v) is 12.0. The summed E-state index contributed by atoms with van der Waals surface area (Å²) in [4.78, 5) is 35.3. The quantitative estimate of drug-likeness (QED) is 0.366. The Hall–Kier alpha value is -4.13. The van der Waals surface area contributed by atoms with Crippen LogP contribution in [0.5, 0.6) is 0 Å². The Kier molecular flexibility index (Phi) is 7.18. The van der Waals surface area contributed by atoms with Crippen molar-refractivity contribution >= 4 is 28.5 Å². The molecule has 7 rings (SSSR count). The third-order valence-corrected chi connectivity index (χ3v) is 9.66. The maximum absolute atomic E-state index is 14.2. The number of carbonyl (C=O) groups excluding carboxylic acids is 2. The number of esters is 1. The van der Waals surface area contributed by atoms with Crippen molar-refractivity contribution < 1.29 is 14.3 Å². The molecule has 0 spiro atoms. The highest BCUT2D eigenvalue weighted by atomic mass is 16.5. The van der Waals surface area contributed by atoms with Gasteiger partial charge in [-0.05, 0) is 48.6 Å². The summed E-state index contributed by atoms with van der Waals surface area (Å²) < 4.78 is 7.45. The molecule has 1 saturated carbocycles. The van der Waals surface area contributed by atoms with Crippen molar-refractivity contribution in [3.63, 3.8) is 0 Å². The van der Waals surface area contributed by atoms with Crippen molar-refractivity contribution in [3.05, 3.63) is 95.5 Å². The number of anilines is 1. The van der Waals surface area contributed by atoms with Crippen LogP contribution in [-0.2, 0) is 16.1 Å². The fourth-order valence-corrected chi connectivity index (χ4v) is 7.57. The number of ether oxygens (including phenoxy) is 1. The summed E-state index contributed by atoms with van der Waals surface area (Å²) in [6.07, 6.45) is 20.8. The average molecular weight is 563 g/mol. The summed E-state index contributed by atoms with van der Waals surface area (Å²) in [6, 6.07) is 10.1. The third-order valence-electron chi connectivity index (χ3n) is 9.66. The number of rotatable bonds is 4. The molecule has 7 heteroatoms. The Labute approximate surface area is 247 Å². The van der Waals surface area contributed by atoms with Crippen molar-refractivity contribution in [3.8, 4) is 0 Å². The zero-order valence-corrected chi connectivity index (χ0v) is 24.2. The van der Waals surface area contributed by atoms with Gasteiger partial charge in [-0.25, -0.2) is 4.79 Å². The molecule has 0 radical (unpaired) electrons. The van der Waals surface area contributed by atoms with Crippen LogP contribution in [-0.4, -0.2) is 59.6 Å². The highest BCUT2D eigenvalue weighted by Gasteiger charge is 2.36. The van der Waals surface area contributed by atoms with Crippen LogP contribution in [0.4, 0.5) is 5.69 Å². The molecule has 3 aromatic rings. The van der Waals surface area contributed by atoms with Crippen LogP contribution < -0.4 is 4.90 Å². The predicted molar refractivity (Wildman–Crippen MR) is 165 cm³/mol. The monoisotopic (exact) mass is 562 g/mol. The molecule has 2 unspecified atom stereocenters. The Bertz CT molecular complexity index is 1590. The number of carbonyl (C=O) groups is 2. The normalized spacial score (nSPS) is 22.4. The zero-order chi connectivity index (χ0) is 28.6. The van der Waals surface area contributed by atoms with E-state index in [0.717, 1.165) is 29.9 Å². The molecule has 4 aliphatic rings. The lowest BCUT2D eigenvalue weighted by Crippen LogP contribution is -2.49. The third kappa shape index (κ3) is 4.75. The number of hydrogen-bond acceptors (Lipinski definition) is 5.